The minimum atomic E-state index is -0.0594. The van der Waals surface area contributed by atoms with Gasteiger partial charge in [-0.05, 0) is 60.7 Å². The summed E-state index contributed by atoms with van der Waals surface area (Å²) in [7, 11) is 0. The molecule has 31 heavy (non-hydrogen) atoms. The molecule has 1 atom stereocenters. The van der Waals surface area contributed by atoms with Crippen LogP contribution in [-0.4, -0.2) is 17.6 Å². The summed E-state index contributed by atoms with van der Waals surface area (Å²) in [6.45, 7) is 4.13. The molecule has 0 unspecified atom stereocenters. The number of hydrogen-bond donors (Lipinski definition) is 1. The summed E-state index contributed by atoms with van der Waals surface area (Å²) in [5, 5.41) is 2.91. The lowest BCUT2D eigenvalue weighted by Crippen LogP contribution is -2.28. The van der Waals surface area contributed by atoms with E-state index in [0.29, 0.717) is 12.2 Å². The summed E-state index contributed by atoms with van der Waals surface area (Å²) in [6.07, 6.45) is 1.16. The first-order valence-corrected chi connectivity index (χ1v) is 11.5. The van der Waals surface area contributed by atoms with Gasteiger partial charge in [-0.15, -0.1) is 11.8 Å². The first kappa shape index (κ1) is 21.2. The average molecular weight is 431 g/mol. The van der Waals surface area contributed by atoms with Crippen LogP contribution in [0, 0.1) is 13.8 Å². The standard InChI is InChI=1S/C26H26N2O2S/c1-18-7-6-10-23(19(18)2)28-25(30)17-31-26(28)21-12-14-22(15-13-21)27-24(29)16-11-20-8-4-3-5-9-20/h3-10,12-15,26H,11,16-17H2,1-2H3,(H,27,29)/t26-/m0/s1. The molecular weight excluding hydrogens is 404 g/mol. The SMILES string of the molecule is Cc1cccc(N2C(=O)CS[C@H]2c2ccc(NC(=O)CCc3ccccc3)cc2)c1C. The highest BCUT2D eigenvalue weighted by atomic mass is 32.2. The van der Waals surface area contributed by atoms with Crippen LogP contribution in [0.25, 0.3) is 0 Å². The molecule has 3 aromatic rings. The Balaban J connectivity index is 1.44. The van der Waals surface area contributed by atoms with Gasteiger partial charge in [-0.2, -0.15) is 0 Å². The Bertz CT molecular complexity index is 1080. The van der Waals surface area contributed by atoms with Gasteiger partial charge in [-0.25, -0.2) is 0 Å². The van der Waals surface area contributed by atoms with Crippen molar-refractivity contribution in [1.82, 2.24) is 0 Å². The van der Waals surface area contributed by atoms with E-state index in [-0.39, 0.29) is 17.2 Å². The Kier molecular flexibility index (Phi) is 6.42. The maximum atomic E-state index is 12.7. The molecule has 0 aliphatic carbocycles. The molecular formula is C26H26N2O2S. The van der Waals surface area contributed by atoms with Gasteiger partial charge in [-0.1, -0.05) is 54.6 Å². The molecule has 4 rings (SSSR count). The van der Waals surface area contributed by atoms with Crippen molar-refractivity contribution < 1.29 is 9.59 Å². The monoisotopic (exact) mass is 430 g/mol. The topological polar surface area (TPSA) is 49.4 Å². The van der Waals surface area contributed by atoms with E-state index in [9.17, 15) is 9.59 Å². The number of nitrogens with one attached hydrogen (secondary N) is 1. The number of anilines is 2. The Morgan fingerprint density at radius 2 is 1.74 bits per heavy atom. The minimum Gasteiger partial charge on any atom is -0.326 e. The molecule has 1 aliphatic rings. The van der Waals surface area contributed by atoms with Crippen LogP contribution >= 0.6 is 11.8 Å². The molecule has 0 aromatic heterocycles. The molecule has 5 heteroatoms. The highest BCUT2D eigenvalue weighted by Gasteiger charge is 2.34. The largest absolute Gasteiger partial charge is 0.326 e. The predicted molar refractivity (Wildman–Crippen MR) is 128 cm³/mol. The van der Waals surface area contributed by atoms with Crippen molar-refractivity contribution >= 4 is 35.0 Å². The quantitative estimate of drug-likeness (QED) is 0.549. The molecule has 1 saturated heterocycles. The molecule has 1 heterocycles. The van der Waals surface area contributed by atoms with Gasteiger partial charge >= 0.3 is 0 Å². The molecule has 0 bridgehead atoms. The van der Waals surface area contributed by atoms with Crippen molar-refractivity contribution in [2.75, 3.05) is 16.0 Å². The van der Waals surface area contributed by atoms with E-state index >= 15 is 0 Å². The number of carbonyl (C=O) groups is 2. The number of aryl methyl sites for hydroxylation is 2. The number of benzene rings is 3. The Morgan fingerprint density at radius 1 is 1.00 bits per heavy atom. The summed E-state index contributed by atoms with van der Waals surface area (Å²) < 4.78 is 0. The second-order valence-electron chi connectivity index (χ2n) is 7.80. The molecule has 158 valence electrons. The Hall–Kier alpha value is -3.05. The fraction of sp³-hybridized carbons (Fsp3) is 0.231. The van der Waals surface area contributed by atoms with Crippen LogP contribution in [0.1, 0.15) is 34.0 Å². The molecule has 0 radical (unpaired) electrons. The van der Waals surface area contributed by atoms with Crippen molar-refractivity contribution in [3.8, 4) is 0 Å². The molecule has 0 saturated carbocycles. The lowest BCUT2D eigenvalue weighted by molar-refractivity contribution is -0.116. The molecule has 2 amide bonds. The third-order valence-corrected chi connectivity index (χ3v) is 6.88. The molecule has 1 aliphatic heterocycles. The van der Waals surface area contributed by atoms with Crippen LogP contribution < -0.4 is 10.2 Å². The minimum absolute atomic E-state index is 0.000894. The van der Waals surface area contributed by atoms with Gasteiger partial charge in [-0.3, -0.25) is 14.5 Å². The number of amides is 2. The first-order chi connectivity index (χ1) is 15.0. The fourth-order valence-electron chi connectivity index (χ4n) is 3.78. The van der Waals surface area contributed by atoms with Crippen LogP contribution in [0.15, 0.2) is 72.8 Å². The van der Waals surface area contributed by atoms with Crippen LogP contribution in [0.4, 0.5) is 11.4 Å². The number of rotatable bonds is 6. The number of thioether (sulfide) groups is 1. The molecule has 1 fully saturated rings. The van der Waals surface area contributed by atoms with E-state index in [0.717, 1.165) is 34.5 Å². The zero-order valence-corrected chi connectivity index (χ0v) is 18.6. The third-order valence-electron chi connectivity index (χ3n) is 5.67. The number of nitrogens with zero attached hydrogens (tertiary/aromatic N) is 1. The van der Waals surface area contributed by atoms with Crippen LogP contribution in [0.2, 0.25) is 0 Å². The van der Waals surface area contributed by atoms with Crippen molar-refractivity contribution in [2.24, 2.45) is 0 Å². The maximum absolute atomic E-state index is 12.7. The van der Waals surface area contributed by atoms with E-state index in [1.807, 2.05) is 71.6 Å². The van der Waals surface area contributed by atoms with E-state index in [4.69, 9.17) is 0 Å². The summed E-state index contributed by atoms with van der Waals surface area (Å²) in [6, 6.07) is 23.9. The highest BCUT2D eigenvalue weighted by molar-refractivity contribution is 8.00. The lowest BCUT2D eigenvalue weighted by atomic mass is 10.1. The summed E-state index contributed by atoms with van der Waals surface area (Å²) in [4.78, 5) is 26.9. The van der Waals surface area contributed by atoms with Crippen LogP contribution in [0.3, 0.4) is 0 Å². The molecule has 4 nitrogen and oxygen atoms in total. The van der Waals surface area contributed by atoms with Crippen molar-refractivity contribution in [2.45, 2.75) is 32.1 Å². The first-order valence-electron chi connectivity index (χ1n) is 10.5. The van der Waals surface area contributed by atoms with Gasteiger partial charge in [0.25, 0.3) is 0 Å². The summed E-state index contributed by atoms with van der Waals surface area (Å²) >= 11 is 1.64. The van der Waals surface area contributed by atoms with Gasteiger partial charge in [0.05, 0.1) is 5.75 Å². The van der Waals surface area contributed by atoms with E-state index < -0.39 is 0 Å². The highest BCUT2D eigenvalue weighted by Crippen LogP contribution is 2.43. The zero-order chi connectivity index (χ0) is 21.8. The second-order valence-corrected chi connectivity index (χ2v) is 8.87. The van der Waals surface area contributed by atoms with Gasteiger partial charge in [0.15, 0.2) is 0 Å². The van der Waals surface area contributed by atoms with Crippen molar-refractivity contribution in [1.29, 1.82) is 0 Å². The maximum Gasteiger partial charge on any atom is 0.238 e. The van der Waals surface area contributed by atoms with Gasteiger partial charge in [0, 0.05) is 17.8 Å². The molecule has 1 N–H and O–H groups in total. The van der Waals surface area contributed by atoms with Gasteiger partial charge < -0.3 is 5.32 Å². The van der Waals surface area contributed by atoms with E-state index in [1.54, 1.807) is 11.8 Å². The van der Waals surface area contributed by atoms with Gasteiger partial charge in [0.1, 0.15) is 5.37 Å². The second kappa shape index (κ2) is 9.40. The molecule has 3 aromatic carbocycles. The fourth-order valence-corrected chi connectivity index (χ4v) is 4.95. The summed E-state index contributed by atoms with van der Waals surface area (Å²) in [5.41, 5.74) is 6.26. The number of carbonyl (C=O) groups excluding carboxylic acids is 2. The third kappa shape index (κ3) is 4.83. The average Bonchev–Trinajstić information content (AvgIpc) is 3.16. The van der Waals surface area contributed by atoms with Crippen LogP contribution in [0.5, 0.6) is 0 Å². The Labute approximate surface area is 187 Å². The number of hydrogen-bond acceptors (Lipinski definition) is 3. The van der Waals surface area contributed by atoms with Crippen LogP contribution in [-0.2, 0) is 16.0 Å². The van der Waals surface area contributed by atoms with Crippen molar-refractivity contribution in [3.63, 3.8) is 0 Å². The van der Waals surface area contributed by atoms with E-state index in [2.05, 4.69) is 25.2 Å². The van der Waals surface area contributed by atoms with Gasteiger partial charge in [0.2, 0.25) is 11.8 Å². The smallest absolute Gasteiger partial charge is 0.238 e. The Morgan fingerprint density at radius 3 is 2.48 bits per heavy atom. The predicted octanol–water partition coefficient (Wildman–Crippen LogP) is 5.65. The van der Waals surface area contributed by atoms with Crippen molar-refractivity contribution in [3.05, 3.63) is 95.1 Å². The molecule has 0 spiro atoms. The lowest BCUT2D eigenvalue weighted by Gasteiger charge is -2.26. The summed E-state index contributed by atoms with van der Waals surface area (Å²) in [5.74, 6) is 0.594. The zero-order valence-electron chi connectivity index (χ0n) is 17.8. The normalized spacial score (nSPS) is 15.9. The van der Waals surface area contributed by atoms with E-state index in [1.165, 1.54) is 5.56 Å².